The highest BCUT2D eigenvalue weighted by atomic mass is 15.1. The third-order valence-electron chi connectivity index (χ3n) is 9.28. The van der Waals surface area contributed by atoms with E-state index in [9.17, 15) is 0 Å². The van der Waals surface area contributed by atoms with Gasteiger partial charge in [-0.05, 0) is 80.9 Å². The van der Waals surface area contributed by atoms with Crippen LogP contribution in [0.25, 0.3) is 17.7 Å². The fourth-order valence-corrected chi connectivity index (χ4v) is 7.10. The molecule has 2 aliphatic rings. The second-order valence-electron chi connectivity index (χ2n) is 12.1. The third-order valence-corrected chi connectivity index (χ3v) is 9.28. The van der Waals surface area contributed by atoms with E-state index in [1.165, 1.54) is 44.5 Å². The topological polar surface area (TPSA) is 3.24 Å². The smallest absolute Gasteiger partial charge is 0.0462 e. The molecule has 0 bridgehead atoms. The number of hydrogen-bond acceptors (Lipinski definition) is 1. The van der Waals surface area contributed by atoms with Gasteiger partial charge in [-0.1, -0.05) is 164 Å². The summed E-state index contributed by atoms with van der Waals surface area (Å²) in [5, 5.41) is 0. The van der Waals surface area contributed by atoms with Crippen molar-refractivity contribution < 1.29 is 0 Å². The second-order valence-corrected chi connectivity index (χ2v) is 12.1. The molecule has 2 atom stereocenters. The van der Waals surface area contributed by atoms with Crippen LogP contribution in [-0.2, 0) is 0 Å². The molecule has 0 spiro atoms. The predicted octanol–water partition coefficient (Wildman–Crippen LogP) is 12.0. The zero-order valence-electron chi connectivity index (χ0n) is 26.2. The van der Waals surface area contributed by atoms with Crippen molar-refractivity contribution in [2.24, 2.45) is 5.92 Å². The van der Waals surface area contributed by atoms with E-state index in [1.807, 2.05) is 0 Å². The molecule has 47 heavy (non-hydrogen) atoms. The fraction of sp³-hybridized carbons (Fsp3) is 0.0435. The van der Waals surface area contributed by atoms with Gasteiger partial charge in [0.25, 0.3) is 0 Å². The third kappa shape index (κ3) is 5.69. The lowest BCUT2D eigenvalue weighted by molar-refractivity contribution is 0.649. The Labute approximate surface area is 277 Å². The van der Waals surface area contributed by atoms with E-state index in [-0.39, 0.29) is 0 Å². The molecule has 1 nitrogen and oxygen atoms in total. The summed E-state index contributed by atoms with van der Waals surface area (Å²) < 4.78 is 0. The monoisotopic (exact) mass is 601 g/mol. The average Bonchev–Trinajstić information content (AvgIpc) is 3.15. The van der Waals surface area contributed by atoms with Crippen molar-refractivity contribution in [1.82, 2.24) is 0 Å². The van der Waals surface area contributed by atoms with E-state index in [0.717, 1.165) is 17.1 Å². The maximum absolute atomic E-state index is 2.38. The Morgan fingerprint density at radius 3 is 1.64 bits per heavy atom. The Hall–Kier alpha value is -5.92. The summed E-state index contributed by atoms with van der Waals surface area (Å²) in [6.45, 7) is 0. The fourth-order valence-electron chi connectivity index (χ4n) is 7.10. The van der Waals surface area contributed by atoms with Gasteiger partial charge in [0.1, 0.15) is 0 Å². The number of allylic oxidation sites excluding steroid dienone is 5. The van der Waals surface area contributed by atoms with Crippen LogP contribution >= 0.6 is 0 Å². The summed E-state index contributed by atoms with van der Waals surface area (Å²) in [5.74, 6) is 0.600. The quantitative estimate of drug-likeness (QED) is 0.165. The van der Waals surface area contributed by atoms with Crippen LogP contribution in [0.3, 0.4) is 0 Å². The first-order valence-corrected chi connectivity index (χ1v) is 16.4. The van der Waals surface area contributed by atoms with Crippen molar-refractivity contribution >= 4 is 34.8 Å². The van der Waals surface area contributed by atoms with Gasteiger partial charge in [0.15, 0.2) is 0 Å². The van der Waals surface area contributed by atoms with Crippen LogP contribution in [0.1, 0.15) is 39.3 Å². The van der Waals surface area contributed by atoms with Gasteiger partial charge in [0.05, 0.1) is 0 Å². The molecule has 0 aliphatic heterocycles. The summed E-state index contributed by atoms with van der Waals surface area (Å²) in [6, 6.07) is 58.8. The van der Waals surface area contributed by atoms with Gasteiger partial charge in [-0.25, -0.2) is 0 Å². The van der Waals surface area contributed by atoms with E-state index in [1.54, 1.807) is 0 Å². The van der Waals surface area contributed by atoms with Crippen LogP contribution in [0.4, 0.5) is 17.1 Å². The first-order chi connectivity index (χ1) is 23.3. The first-order valence-electron chi connectivity index (χ1n) is 16.4. The number of anilines is 3. The number of hydrogen-bond donors (Lipinski definition) is 0. The molecule has 0 aromatic heterocycles. The lowest BCUT2D eigenvalue weighted by atomic mass is 9.66. The van der Waals surface area contributed by atoms with Crippen molar-refractivity contribution in [2.75, 3.05) is 4.90 Å². The first kappa shape index (κ1) is 28.5. The lowest BCUT2D eigenvalue weighted by Gasteiger charge is -2.36. The van der Waals surface area contributed by atoms with Crippen molar-refractivity contribution in [3.05, 3.63) is 227 Å². The average molecular weight is 602 g/mol. The molecule has 0 saturated heterocycles. The highest BCUT2D eigenvalue weighted by Crippen LogP contribution is 2.50. The molecule has 0 radical (unpaired) electrons. The standard InChI is InChI=1S/C46H35N/c1-4-14-36(15-5-1)45-41-20-10-12-22-43(41)46(44-23-13-11-21-42(44)45)37-30-26-34(27-31-37)24-25-35-28-32-40(33-29-35)47(38-16-6-2-7-17-38)39-18-8-3-9-19-39/h1-33,41,45H/b25-24+. The summed E-state index contributed by atoms with van der Waals surface area (Å²) >= 11 is 0. The molecule has 6 aromatic carbocycles. The second kappa shape index (κ2) is 12.8. The highest BCUT2D eigenvalue weighted by molar-refractivity contribution is 5.89. The molecular formula is C46H35N. The zero-order valence-corrected chi connectivity index (χ0v) is 26.2. The SMILES string of the molecule is C1=CC2=C(c3ccc(/C=C/c4ccc(N(c5ccccc5)c5ccccc5)cc4)cc3)c3ccccc3C(c3ccccc3)C2C=C1. The molecule has 8 rings (SSSR count). The number of benzene rings is 6. The molecule has 2 unspecified atom stereocenters. The molecule has 2 aliphatic carbocycles. The Bertz CT molecular complexity index is 2060. The van der Waals surface area contributed by atoms with Crippen LogP contribution in [-0.4, -0.2) is 0 Å². The van der Waals surface area contributed by atoms with Gasteiger partial charge in [-0.15, -0.1) is 0 Å². The Morgan fingerprint density at radius 2 is 1.00 bits per heavy atom. The maximum Gasteiger partial charge on any atom is 0.0462 e. The molecule has 0 amide bonds. The Morgan fingerprint density at radius 1 is 0.468 bits per heavy atom. The lowest BCUT2D eigenvalue weighted by Crippen LogP contribution is -2.22. The van der Waals surface area contributed by atoms with Gasteiger partial charge in [-0.3, -0.25) is 0 Å². The van der Waals surface area contributed by atoms with Crippen molar-refractivity contribution in [1.29, 1.82) is 0 Å². The van der Waals surface area contributed by atoms with Crippen LogP contribution in [0.15, 0.2) is 194 Å². The molecule has 0 heterocycles. The number of fused-ring (bicyclic) bond motifs is 2. The molecular weight excluding hydrogens is 567 g/mol. The minimum atomic E-state index is 0.299. The van der Waals surface area contributed by atoms with E-state index in [0.29, 0.717) is 11.8 Å². The molecule has 0 fully saturated rings. The Kier molecular flexibility index (Phi) is 7.79. The van der Waals surface area contributed by atoms with Crippen molar-refractivity contribution in [2.45, 2.75) is 5.92 Å². The molecule has 1 heteroatoms. The van der Waals surface area contributed by atoms with Gasteiger partial charge >= 0.3 is 0 Å². The number of nitrogens with zero attached hydrogens (tertiary/aromatic N) is 1. The molecule has 224 valence electrons. The maximum atomic E-state index is 2.38. The minimum Gasteiger partial charge on any atom is -0.311 e. The van der Waals surface area contributed by atoms with Gasteiger partial charge < -0.3 is 4.90 Å². The normalized spacial score (nSPS) is 16.6. The molecule has 0 N–H and O–H groups in total. The zero-order chi connectivity index (χ0) is 31.4. The molecule has 0 saturated carbocycles. The van der Waals surface area contributed by atoms with Gasteiger partial charge in [0, 0.05) is 28.9 Å². The van der Waals surface area contributed by atoms with E-state index < -0.39 is 0 Å². The minimum absolute atomic E-state index is 0.299. The van der Waals surface area contributed by atoms with E-state index in [4.69, 9.17) is 0 Å². The summed E-state index contributed by atoms with van der Waals surface area (Å²) in [5.41, 5.74) is 13.8. The summed E-state index contributed by atoms with van der Waals surface area (Å²) in [6.07, 6.45) is 13.5. The van der Waals surface area contributed by atoms with Crippen molar-refractivity contribution in [3.8, 4) is 0 Å². The Balaban J connectivity index is 1.07. The van der Waals surface area contributed by atoms with Crippen LogP contribution < -0.4 is 4.90 Å². The number of para-hydroxylation sites is 2. The van der Waals surface area contributed by atoms with Crippen LogP contribution in [0, 0.1) is 5.92 Å². The highest BCUT2D eigenvalue weighted by Gasteiger charge is 2.35. The summed E-state index contributed by atoms with van der Waals surface area (Å²) in [7, 11) is 0. The van der Waals surface area contributed by atoms with Crippen LogP contribution in [0.2, 0.25) is 0 Å². The largest absolute Gasteiger partial charge is 0.311 e. The van der Waals surface area contributed by atoms with E-state index in [2.05, 4.69) is 205 Å². The van der Waals surface area contributed by atoms with E-state index >= 15 is 0 Å². The predicted molar refractivity (Wildman–Crippen MR) is 199 cm³/mol. The number of rotatable bonds is 7. The van der Waals surface area contributed by atoms with Crippen LogP contribution in [0.5, 0.6) is 0 Å². The van der Waals surface area contributed by atoms with Crippen molar-refractivity contribution in [3.63, 3.8) is 0 Å². The van der Waals surface area contributed by atoms with Gasteiger partial charge in [-0.2, -0.15) is 0 Å². The molecule has 6 aromatic rings. The van der Waals surface area contributed by atoms with Gasteiger partial charge in [0.2, 0.25) is 0 Å². The summed E-state index contributed by atoms with van der Waals surface area (Å²) in [4.78, 5) is 2.29.